The number of likely N-dealkylation sites (N-methyl/N-ethyl adjacent to an activating group) is 1. The van der Waals surface area contributed by atoms with Crippen molar-refractivity contribution in [3.63, 3.8) is 0 Å². The summed E-state index contributed by atoms with van der Waals surface area (Å²) < 4.78 is 24.5. The Kier molecular flexibility index (Phi) is 13.3. The Bertz CT molecular complexity index is 1050. The number of cyclic esters (lactones) is 1. The van der Waals surface area contributed by atoms with Crippen LogP contribution >= 0.6 is 0 Å². The molecule has 5 unspecified atom stereocenters. The number of fused-ring (bicyclic) bond motifs is 1. The summed E-state index contributed by atoms with van der Waals surface area (Å²) in [4.78, 5) is 40.4. The number of aliphatic hydroxyl groups is 3. The molecule has 11 nitrogen and oxygen atoms in total. The predicted octanol–water partition coefficient (Wildman–Crippen LogP) is 2.81. The minimum atomic E-state index is -1.20. The van der Waals surface area contributed by atoms with E-state index in [9.17, 15) is 29.7 Å². The average molecular weight is 640 g/mol. The van der Waals surface area contributed by atoms with Crippen molar-refractivity contribution in [2.75, 3.05) is 14.1 Å². The van der Waals surface area contributed by atoms with Crippen molar-refractivity contribution in [1.82, 2.24) is 4.90 Å². The Labute approximate surface area is 268 Å². The van der Waals surface area contributed by atoms with Crippen molar-refractivity contribution in [3.8, 4) is 0 Å². The van der Waals surface area contributed by atoms with E-state index in [1.54, 1.807) is 19.9 Å². The molecule has 0 amide bonds. The van der Waals surface area contributed by atoms with Crippen LogP contribution in [-0.2, 0) is 33.3 Å². The van der Waals surface area contributed by atoms with E-state index in [4.69, 9.17) is 18.9 Å². The van der Waals surface area contributed by atoms with Crippen LogP contribution in [-0.4, -0.2) is 113 Å². The lowest BCUT2D eigenvalue weighted by molar-refractivity contribution is -0.284. The molecule has 0 aromatic rings. The molecule has 3 heterocycles. The number of allylic oxidation sites excluding steroid dienone is 1. The SMILES string of the molecule is CC[C@H]1OC(=O)C[C@@H](O)[C@H](C)[C@@H](OC2OC(C)CC(N(C)C)C2O)[C@@H](CC(O)CC(C)=O)C[C@@H](C)C(=O)/C=C/[C@]2(C)O[C@H]2[C@@H]1C. The molecule has 0 bridgehead atoms. The van der Waals surface area contributed by atoms with Crippen molar-refractivity contribution in [2.24, 2.45) is 23.7 Å². The van der Waals surface area contributed by atoms with Gasteiger partial charge < -0.3 is 39.2 Å². The third kappa shape index (κ3) is 9.89. The lowest BCUT2D eigenvalue weighted by atomic mass is 9.78. The second-order valence-electron chi connectivity index (χ2n) is 14.2. The van der Waals surface area contributed by atoms with E-state index in [0.717, 1.165) is 0 Å². The molecule has 2 saturated heterocycles. The van der Waals surface area contributed by atoms with Crippen molar-refractivity contribution in [2.45, 2.75) is 148 Å². The van der Waals surface area contributed by atoms with E-state index in [0.29, 0.717) is 12.8 Å². The number of carbonyl (C=O) groups excluding carboxylic acids is 3. The predicted molar refractivity (Wildman–Crippen MR) is 167 cm³/mol. The monoisotopic (exact) mass is 639 g/mol. The lowest BCUT2D eigenvalue weighted by Crippen LogP contribution is -2.56. The van der Waals surface area contributed by atoms with Gasteiger partial charge in [0.2, 0.25) is 0 Å². The van der Waals surface area contributed by atoms with Gasteiger partial charge in [-0.25, -0.2) is 0 Å². The first kappa shape index (κ1) is 37.7. The first-order valence-electron chi connectivity index (χ1n) is 16.6. The summed E-state index contributed by atoms with van der Waals surface area (Å²) in [5.41, 5.74) is -0.670. The first-order valence-corrected chi connectivity index (χ1v) is 16.6. The number of rotatable bonds is 8. The van der Waals surface area contributed by atoms with Gasteiger partial charge in [0.15, 0.2) is 12.1 Å². The molecule has 45 heavy (non-hydrogen) atoms. The van der Waals surface area contributed by atoms with E-state index < -0.39 is 66.1 Å². The number of ether oxygens (including phenoxy) is 4. The van der Waals surface area contributed by atoms with Gasteiger partial charge in [0.05, 0.1) is 36.9 Å². The van der Waals surface area contributed by atoms with E-state index in [2.05, 4.69) is 0 Å². The van der Waals surface area contributed by atoms with Gasteiger partial charge in [0.25, 0.3) is 0 Å². The molecule has 0 aromatic carbocycles. The zero-order chi connectivity index (χ0) is 33.8. The fraction of sp³-hybridized carbons (Fsp3) is 0.853. The molecule has 0 aromatic heterocycles. The zero-order valence-corrected chi connectivity index (χ0v) is 28.5. The summed E-state index contributed by atoms with van der Waals surface area (Å²) in [6.07, 6.45) is -1.65. The number of epoxide rings is 1. The lowest BCUT2D eigenvalue weighted by Gasteiger charge is -2.44. The minimum absolute atomic E-state index is 0.0787. The summed E-state index contributed by atoms with van der Waals surface area (Å²) in [5, 5.41) is 33.7. The molecule has 0 spiro atoms. The van der Waals surface area contributed by atoms with Crippen molar-refractivity contribution in [1.29, 1.82) is 0 Å². The van der Waals surface area contributed by atoms with Crippen molar-refractivity contribution in [3.05, 3.63) is 12.2 Å². The Hall–Kier alpha value is -1.73. The Balaban J connectivity index is 2.02. The molecule has 11 heteroatoms. The highest BCUT2D eigenvalue weighted by Crippen LogP contribution is 2.45. The van der Waals surface area contributed by atoms with Gasteiger partial charge in [-0.1, -0.05) is 27.7 Å². The highest BCUT2D eigenvalue weighted by Gasteiger charge is 2.55. The van der Waals surface area contributed by atoms with Crippen LogP contribution in [0.5, 0.6) is 0 Å². The average Bonchev–Trinajstić information content (AvgIpc) is 3.63. The summed E-state index contributed by atoms with van der Waals surface area (Å²) in [5.74, 6) is -2.75. The second kappa shape index (κ2) is 15.9. The number of nitrogens with zero attached hydrogens (tertiary/aromatic N) is 1. The number of ketones is 2. The van der Waals surface area contributed by atoms with Gasteiger partial charge >= 0.3 is 5.97 Å². The Morgan fingerprint density at radius 2 is 1.80 bits per heavy atom. The second-order valence-corrected chi connectivity index (χ2v) is 14.2. The first-order chi connectivity index (χ1) is 21.0. The molecule has 3 aliphatic rings. The maximum absolute atomic E-state index is 13.4. The minimum Gasteiger partial charge on any atom is -0.462 e. The smallest absolute Gasteiger partial charge is 0.308 e. The van der Waals surface area contributed by atoms with Gasteiger partial charge in [-0.15, -0.1) is 0 Å². The number of hydrogen-bond acceptors (Lipinski definition) is 11. The van der Waals surface area contributed by atoms with Gasteiger partial charge in [-0.2, -0.15) is 0 Å². The third-order valence-electron chi connectivity index (χ3n) is 9.99. The summed E-state index contributed by atoms with van der Waals surface area (Å²) >= 11 is 0. The fourth-order valence-corrected chi connectivity index (χ4v) is 7.14. The molecule has 0 saturated carbocycles. The maximum Gasteiger partial charge on any atom is 0.308 e. The molecule has 2 fully saturated rings. The molecule has 3 aliphatic heterocycles. The summed E-state index contributed by atoms with van der Waals surface area (Å²) in [7, 11) is 3.74. The number of esters is 1. The number of carbonyl (C=O) groups is 3. The number of aliphatic hydroxyl groups excluding tert-OH is 3. The molecule has 0 aliphatic carbocycles. The molecule has 3 N–H and O–H groups in total. The van der Waals surface area contributed by atoms with E-state index in [-0.39, 0.29) is 61.4 Å². The number of Topliss-reactive ketones (excluding diaryl/α,β-unsaturated/α-hetero) is 1. The van der Waals surface area contributed by atoms with Crippen LogP contribution in [0.15, 0.2) is 12.2 Å². The van der Waals surface area contributed by atoms with Gasteiger partial charge in [-0.3, -0.25) is 14.4 Å². The summed E-state index contributed by atoms with van der Waals surface area (Å²) in [6, 6.07) is -0.254. The quantitative estimate of drug-likeness (QED) is 0.265. The van der Waals surface area contributed by atoms with E-state index >= 15 is 0 Å². The van der Waals surface area contributed by atoms with Gasteiger partial charge in [0, 0.05) is 30.2 Å². The fourth-order valence-electron chi connectivity index (χ4n) is 7.14. The number of hydrogen-bond donors (Lipinski definition) is 3. The molecule has 258 valence electrons. The van der Waals surface area contributed by atoms with E-state index in [1.165, 1.54) is 13.0 Å². The third-order valence-corrected chi connectivity index (χ3v) is 9.99. The van der Waals surface area contributed by atoms with Crippen molar-refractivity contribution < 1.29 is 48.7 Å². The molecule has 0 radical (unpaired) electrons. The van der Waals surface area contributed by atoms with Crippen LogP contribution < -0.4 is 0 Å². The van der Waals surface area contributed by atoms with Crippen LogP contribution in [0.25, 0.3) is 0 Å². The van der Waals surface area contributed by atoms with Crippen LogP contribution in [0.2, 0.25) is 0 Å². The Morgan fingerprint density at radius 1 is 1.13 bits per heavy atom. The molecule has 14 atom stereocenters. The molecular weight excluding hydrogens is 582 g/mol. The maximum atomic E-state index is 13.4. The Morgan fingerprint density at radius 3 is 2.40 bits per heavy atom. The summed E-state index contributed by atoms with van der Waals surface area (Å²) in [6.45, 7) is 12.6. The molecular formula is C34H57NO10. The van der Waals surface area contributed by atoms with E-state index in [1.807, 2.05) is 46.7 Å². The highest BCUT2D eigenvalue weighted by molar-refractivity contribution is 5.91. The highest BCUT2D eigenvalue weighted by atomic mass is 16.7. The largest absolute Gasteiger partial charge is 0.462 e. The standard InChI is InChI=1S/C34H57NO10/c1-10-28-22(6)32-34(7,45-32)12-11-26(38)18(2)13-23(16-24(37)14-19(3)36)31(21(5)27(39)17-29(40)43-28)44-33-30(41)25(35(8)9)15-20(4)42-33/h11-12,18,20-25,27-28,30-33,37,39,41H,10,13-17H2,1-9H3/b12-11+/t18-,20?,21+,22-,23-,24?,25?,27-,28-,30?,31-,32+,33?,34+/m1/s1. The van der Waals surface area contributed by atoms with Crippen LogP contribution in [0.4, 0.5) is 0 Å². The normalized spacial score (nSPS) is 43.3. The topological polar surface area (TPSA) is 155 Å². The van der Waals surface area contributed by atoms with Crippen LogP contribution in [0, 0.1) is 23.7 Å². The molecule has 3 rings (SSSR count). The van der Waals surface area contributed by atoms with Crippen molar-refractivity contribution >= 4 is 17.5 Å². The van der Waals surface area contributed by atoms with Crippen LogP contribution in [0.3, 0.4) is 0 Å². The van der Waals surface area contributed by atoms with Crippen LogP contribution in [0.1, 0.15) is 87.0 Å². The zero-order valence-electron chi connectivity index (χ0n) is 28.5. The van der Waals surface area contributed by atoms with Gasteiger partial charge in [0.1, 0.15) is 23.6 Å². The van der Waals surface area contributed by atoms with Gasteiger partial charge in [-0.05, 0) is 78.6 Å².